The first-order valence-electron chi connectivity index (χ1n) is 5.10. The number of hydrogen-bond acceptors (Lipinski definition) is 4. The summed E-state index contributed by atoms with van der Waals surface area (Å²) >= 11 is 0. The molecule has 1 aromatic heterocycles. The van der Waals surface area contributed by atoms with Gasteiger partial charge in [-0.3, -0.25) is 9.78 Å². The molecule has 17 heavy (non-hydrogen) atoms. The van der Waals surface area contributed by atoms with E-state index < -0.39 is 10.0 Å². The number of hydrogen-bond donors (Lipinski definition) is 2. The fourth-order valence-corrected chi connectivity index (χ4v) is 1.73. The van der Waals surface area contributed by atoms with Crippen molar-refractivity contribution in [3.05, 3.63) is 29.6 Å². The predicted molar refractivity (Wildman–Crippen MR) is 63.9 cm³/mol. The number of primary sulfonamides is 1. The first-order valence-corrected chi connectivity index (χ1v) is 6.81. The van der Waals surface area contributed by atoms with Crippen LogP contribution in [0.4, 0.5) is 0 Å². The summed E-state index contributed by atoms with van der Waals surface area (Å²) in [6.45, 7) is 2.09. The smallest absolute Gasteiger partial charge is 0.252 e. The molecule has 0 spiro atoms. The maximum atomic E-state index is 11.5. The molecule has 0 aliphatic carbocycles. The van der Waals surface area contributed by atoms with Gasteiger partial charge in [-0.05, 0) is 25.5 Å². The summed E-state index contributed by atoms with van der Waals surface area (Å²) in [5.41, 5.74) is 1.28. The second kappa shape index (κ2) is 5.74. The van der Waals surface area contributed by atoms with E-state index in [0.717, 1.165) is 5.69 Å². The largest absolute Gasteiger partial charge is 0.352 e. The Morgan fingerprint density at radius 2 is 2.18 bits per heavy atom. The van der Waals surface area contributed by atoms with Crippen molar-refractivity contribution in [2.45, 2.75) is 13.3 Å². The summed E-state index contributed by atoms with van der Waals surface area (Å²) in [4.78, 5) is 15.5. The van der Waals surface area contributed by atoms with E-state index >= 15 is 0 Å². The van der Waals surface area contributed by atoms with E-state index in [9.17, 15) is 13.2 Å². The molecule has 3 N–H and O–H groups in total. The molecule has 0 saturated carbocycles. The van der Waals surface area contributed by atoms with Crippen LogP contribution in [0.1, 0.15) is 22.5 Å². The molecule has 0 fully saturated rings. The zero-order valence-electron chi connectivity index (χ0n) is 9.51. The third-order valence-corrected chi connectivity index (χ3v) is 2.92. The average molecular weight is 257 g/mol. The van der Waals surface area contributed by atoms with Gasteiger partial charge < -0.3 is 5.32 Å². The van der Waals surface area contributed by atoms with Crippen LogP contribution in [-0.2, 0) is 10.0 Å². The number of amides is 1. The van der Waals surface area contributed by atoms with Crippen molar-refractivity contribution in [3.8, 4) is 0 Å². The van der Waals surface area contributed by atoms with E-state index in [1.54, 1.807) is 12.1 Å². The van der Waals surface area contributed by atoms with Gasteiger partial charge in [-0.15, -0.1) is 0 Å². The Bertz CT molecular complexity index is 482. The van der Waals surface area contributed by atoms with Crippen molar-refractivity contribution >= 4 is 15.9 Å². The summed E-state index contributed by atoms with van der Waals surface area (Å²) in [5, 5.41) is 7.42. The lowest BCUT2D eigenvalue weighted by Gasteiger charge is -2.04. The van der Waals surface area contributed by atoms with Crippen molar-refractivity contribution in [1.82, 2.24) is 10.3 Å². The van der Waals surface area contributed by atoms with Gasteiger partial charge in [0.15, 0.2) is 0 Å². The fraction of sp³-hybridized carbons (Fsp3) is 0.400. The Balaban J connectivity index is 2.38. The van der Waals surface area contributed by atoms with Crippen LogP contribution < -0.4 is 10.5 Å². The molecule has 94 valence electrons. The zero-order valence-corrected chi connectivity index (χ0v) is 10.3. The lowest BCUT2D eigenvalue weighted by molar-refractivity contribution is 0.0953. The number of nitrogens with one attached hydrogen (secondary N) is 1. The molecule has 0 bridgehead atoms. The molecule has 0 aromatic carbocycles. The van der Waals surface area contributed by atoms with E-state index in [4.69, 9.17) is 5.14 Å². The number of nitrogens with two attached hydrogens (primary N) is 1. The van der Waals surface area contributed by atoms with Gasteiger partial charge in [0, 0.05) is 18.4 Å². The van der Waals surface area contributed by atoms with Gasteiger partial charge >= 0.3 is 0 Å². The predicted octanol–water partition coefficient (Wildman–Crippen LogP) is -0.202. The van der Waals surface area contributed by atoms with Crippen LogP contribution in [0, 0.1) is 6.92 Å². The monoisotopic (exact) mass is 257 g/mol. The van der Waals surface area contributed by atoms with Crippen LogP contribution in [0.2, 0.25) is 0 Å². The quantitative estimate of drug-likeness (QED) is 0.713. The maximum absolute atomic E-state index is 11.5. The minimum absolute atomic E-state index is 0.139. The molecule has 6 nitrogen and oxygen atoms in total. The summed E-state index contributed by atoms with van der Waals surface area (Å²) < 4.78 is 21.3. The van der Waals surface area contributed by atoms with Crippen molar-refractivity contribution in [3.63, 3.8) is 0 Å². The highest BCUT2D eigenvalue weighted by molar-refractivity contribution is 7.89. The van der Waals surface area contributed by atoms with Crippen molar-refractivity contribution in [1.29, 1.82) is 0 Å². The van der Waals surface area contributed by atoms with E-state index in [1.807, 2.05) is 6.92 Å². The number of carbonyl (C=O) groups excluding carboxylic acids is 1. The number of rotatable bonds is 5. The molecule has 0 radical (unpaired) electrons. The van der Waals surface area contributed by atoms with Crippen LogP contribution in [0.3, 0.4) is 0 Å². The molecule has 1 aromatic rings. The Morgan fingerprint density at radius 1 is 1.47 bits per heavy atom. The third-order valence-electron chi connectivity index (χ3n) is 2.06. The van der Waals surface area contributed by atoms with Crippen LogP contribution in [0.15, 0.2) is 18.3 Å². The van der Waals surface area contributed by atoms with Gasteiger partial charge in [-0.2, -0.15) is 0 Å². The second-order valence-corrected chi connectivity index (χ2v) is 5.40. The number of sulfonamides is 1. The van der Waals surface area contributed by atoms with Gasteiger partial charge in [0.1, 0.15) is 0 Å². The van der Waals surface area contributed by atoms with Gasteiger partial charge in [0.05, 0.1) is 11.3 Å². The van der Waals surface area contributed by atoms with Gasteiger partial charge in [0.25, 0.3) is 5.91 Å². The number of aromatic nitrogens is 1. The van der Waals surface area contributed by atoms with Crippen LogP contribution in [0.25, 0.3) is 0 Å². The highest BCUT2D eigenvalue weighted by atomic mass is 32.2. The van der Waals surface area contributed by atoms with Crippen molar-refractivity contribution in [2.24, 2.45) is 5.14 Å². The summed E-state index contributed by atoms with van der Waals surface area (Å²) in [6, 6.07) is 3.40. The van der Waals surface area contributed by atoms with Crippen LogP contribution >= 0.6 is 0 Å². The first kappa shape index (κ1) is 13.6. The lowest BCUT2D eigenvalue weighted by Crippen LogP contribution is -2.27. The Kier molecular flexibility index (Phi) is 4.59. The second-order valence-electron chi connectivity index (χ2n) is 3.66. The highest BCUT2D eigenvalue weighted by Crippen LogP contribution is 1.98. The molecule has 0 unspecified atom stereocenters. The minimum atomic E-state index is -3.46. The van der Waals surface area contributed by atoms with E-state index in [0.29, 0.717) is 12.0 Å². The SMILES string of the molecule is Cc1ccc(C(=O)NCCCS(N)(=O)=O)cn1. The standard InChI is InChI=1S/C10H15N3O3S/c1-8-3-4-9(7-13-8)10(14)12-5-2-6-17(11,15)16/h3-4,7H,2,5-6H2,1H3,(H,12,14)(H2,11,15,16). The third kappa shape index (κ3) is 5.41. The Labute approximate surface area is 100 Å². The first-order chi connectivity index (χ1) is 7.88. The van der Waals surface area contributed by atoms with E-state index in [-0.39, 0.29) is 18.2 Å². The normalized spacial score (nSPS) is 11.2. The molecule has 0 saturated heterocycles. The summed E-state index contributed by atoms with van der Waals surface area (Å²) in [6.07, 6.45) is 1.77. The maximum Gasteiger partial charge on any atom is 0.252 e. The Hall–Kier alpha value is -1.47. The Morgan fingerprint density at radius 3 is 2.71 bits per heavy atom. The van der Waals surface area contributed by atoms with Crippen LogP contribution in [0.5, 0.6) is 0 Å². The number of aryl methyl sites for hydroxylation is 1. The topological polar surface area (TPSA) is 102 Å². The number of nitrogens with zero attached hydrogens (tertiary/aromatic N) is 1. The molecule has 1 amide bonds. The minimum Gasteiger partial charge on any atom is -0.352 e. The molecular weight excluding hydrogens is 242 g/mol. The molecule has 1 heterocycles. The zero-order chi connectivity index (χ0) is 12.9. The summed E-state index contributed by atoms with van der Waals surface area (Å²) in [5.74, 6) is -0.411. The number of pyridine rings is 1. The molecular formula is C10H15N3O3S. The highest BCUT2D eigenvalue weighted by Gasteiger charge is 2.06. The fourth-order valence-electron chi connectivity index (χ4n) is 1.18. The number of carbonyl (C=O) groups is 1. The van der Waals surface area contributed by atoms with Gasteiger partial charge in [0.2, 0.25) is 10.0 Å². The molecule has 7 heteroatoms. The van der Waals surface area contributed by atoms with Crippen LogP contribution in [-0.4, -0.2) is 31.6 Å². The van der Waals surface area contributed by atoms with Gasteiger partial charge in [-0.1, -0.05) is 0 Å². The van der Waals surface area contributed by atoms with Crippen molar-refractivity contribution < 1.29 is 13.2 Å². The molecule has 1 rings (SSSR count). The average Bonchev–Trinajstić information content (AvgIpc) is 2.24. The van der Waals surface area contributed by atoms with Gasteiger partial charge in [-0.25, -0.2) is 13.6 Å². The van der Waals surface area contributed by atoms with Crippen molar-refractivity contribution in [2.75, 3.05) is 12.3 Å². The van der Waals surface area contributed by atoms with E-state index in [2.05, 4.69) is 10.3 Å². The molecule has 0 atom stereocenters. The lowest BCUT2D eigenvalue weighted by atomic mass is 10.2. The molecule has 0 aliphatic rings. The molecule has 0 aliphatic heterocycles. The van der Waals surface area contributed by atoms with E-state index in [1.165, 1.54) is 6.20 Å². The summed E-state index contributed by atoms with van der Waals surface area (Å²) in [7, 11) is -3.46.